The van der Waals surface area contributed by atoms with Crippen LogP contribution in [0.2, 0.25) is 5.02 Å². The van der Waals surface area contributed by atoms with Crippen LogP contribution in [0.4, 0.5) is 0 Å². The van der Waals surface area contributed by atoms with E-state index in [0.29, 0.717) is 31.1 Å². The predicted molar refractivity (Wildman–Crippen MR) is 117 cm³/mol. The summed E-state index contributed by atoms with van der Waals surface area (Å²) >= 11 is 6.05. The smallest absolute Gasteiger partial charge is 0.237 e. The molecule has 0 saturated carbocycles. The first-order valence-corrected chi connectivity index (χ1v) is 10.6. The number of halogens is 1. The third-order valence-corrected chi connectivity index (χ3v) is 5.78. The summed E-state index contributed by atoms with van der Waals surface area (Å²) in [7, 11) is 1.65. The standard InChI is InChI=1S/C22H25ClN6O2/c1-31-20-7-3-5-17(11-20)13-28-14-19(29-15-25-26-27-29)12-21(28)22(30)24-9-8-16-4-2-6-18(23)10-16/h2-7,10-11,15,19,21H,8-9,12-14H2,1H3,(H,24,30)/t19-,21+/m1/s1. The van der Waals surface area contributed by atoms with Crippen molar-refractivity contribution in [3.8, 4) is 5.75 Å². The van der Waals surface area contributed by atoms with E-state index in [1.165, 1.54) is 0 Å². The van der Waals surface area contributed by atoms with Crippen molar-refractivity contribution in [2.24, 2.45) is 0 Å². The van der Waals surface area contributed by atoms with E-state index >= 15 is 0 Å². The van der Waals surface area contributed by atoms with Crippen molar-refractivity contribution in [1.82, 2.24) is 30.4 Å². The quantitative estimate of drug-likeness (QED) is 0.579. The maximum atomic E-state index is 13.1. The molecule has 162 valence electrons. The molecule has 1 aromatic heterocycles. The molecule has 1 aliphatic heterocycles. The number of tetrazole rings is 1. The Balaban J connectivity index is 1.43. The van der Waals surface area contributed by atoms with Gasteiger partial charge in [-0.2, -0.15) is 0 Å². The zero-order valence-corrected chi connectivity index (χ0v) is 18.1. The lowest BCUT2D eigenvalue weighted by Gasteiger charge is -2.23. The van der Waals surface area contributed by atoms with Gasteiger partial charge in [-0.25, -0.2) is 4.68 Å². The number of carbonyl (C=O) groups excluding carboxylic acids is 1. The molecule has 0 radical (unpaired) electrons. The molecule has 0 bridgehead atoms. The Morgan fingerprint density at radius 3 is 2.84 bits per heavy atom. The summed E-state index contributed by atoms with van der Waals surface area (Å²) in [5.74, 6) is 0.816. The van der Waals surface area contributed by atoms with E-state index in [2.05, 4.69) is 25.7 Å². The van der Waals surface area contributed by atoms with Gasteiger partial charge in [0.2, 0.25) is 5.91 Å². The second-order valence-corrected chi connectivity index (χ2v) is 8.08. The van der Waals surface area contributed by atoms with Gasteiger partial charge in [-0.05, 0) is 58.7 Å². The highest BCUT2D eigenvalue weighted by molar-refractivity contribution is 6.30. The van der Waals surface area contributed by atoms with Crippen LogP contribution in [-0.4, -0.2) is 57.3 Å². The molecule has 1 N–H and O–H groups in total. The Morgan fingerprint density at radius 1 is 1.23 bits per heavy atom. The average Bonchev–Trinajstić information content (AvgIpc) is 3.44. The third kappa shape index (κ3) is 5.39. The third-order valence-electron chi connectivity index (χ3n) is 5.54. The van der Waals surface area contributed by atoms with Gasteiger partial charge in [0.1, 0.15) is 12.1 Å². The fourth-order valence-electron chi connectivity index (χ4n) is 4.00. The highest BCUT2D eigenvalue weighted by atomic mass is 35.5. The maximum absolute atomic E-state index is 13.1. The van der Waals surface area contributed by atoms with Crippen LogP contribution in [0.15, 0.2) is 54.9 Å². The first-order chi connectivity index (χ1) is 15.1. The molecular formula is C22H25ClN6O2. The molecule has 0 unspecified atom stereocenters. The van der Waals surface area contributed by atoms with Crippen LogP contribution in [0.5, 0.6) is 5.75 Å². The van der Waals surface area contributed by atoms with E-state index in [9.17, 15) is 4.79 Å². The fraction of sp³-hybridized carbons (Fsp3) is 0.364. The van der Waals surface area contributed by atoms with E-state index in [1.807, 2.05) is 48.5 Å². The number of nitrogens with one attached hydrogen (secondary N) is 1. The molecule has 2 atom stereocenters. The minimum atomic E-state index is -0.264. The van der Waals surface area contributed by atoms with Crippen LogP contribution in [-0.2, 0) is 17.8 Å². The lowest BCUT2D eigenvalue weighted by Crippen LogP contribution is -2.43. The number of hydrogen-bond acceptors (Lipinski definition) is 6. The Labute approximate surface area is 186 Å². The number of aromatic nitrogens is 4. The number of carbonyl (C=O) groups is 1. The summed E-state index contributed by atoms with van der Waals surface area (Å²) in [6, 6.07) is 15.4. The molecule has 1 fully saturated rings. The lowest BCUT2D eigenvalue weighted by atomic mass is 10.1. The van der Waals surface area contributed by atoms with E-state index in [4.69, 9.17) is 16.3 Å². The zero-order chi connectivity index (χ0) is 21.6. The van der Waals surface area contributed by atoms with Gasteiger partial charge in [0.25, 0.3) is 0 Å². The molecular weight excluding hydrogens is 416 g/mol. The molecule has 1 saturated heterocycles. The Morgan fingerprint density at radius 2 is 2.06 bits per heavy atom. The van der Waals surface area contributed by atoms with Crippen LogP contribution < -0.4 is 10.1 Å². The van der Waals surface area contributed by atoms with Crippen molar-refractivity contribution in [2.75, 3.05) is 20.2 Å². The van der Waals surface area contributed by atoms with Gasteiger partial charge in [0.05, 0.1) is 19.2 Å². The number of nitrogens with zero attached hydrogens (tertiary/aromatic N) is 5. The number of ether oxygens (including phenoxy) is 1. The minimum absolute atomic E-state index is 0.0144. The van der Waals surface area contributed by atoms with Crippen molar-refractivity contribution in [3.63, 3.8) is 0 Å². The zero-order valence-electron chi connectivity index (χ0n) is 17.3. The van der Waals surface area contributed by atoms with Crippen LogP contribution >= 0.6 is 11.6 Å². The second-order valence-electron chi connectivity index (χ2n) is 7.65. The number of likely N-dealkylation sites (tertiary alicyclic amines) is 1. The van der Waals surface area contributed by atoms with Gasteiger partial charge in [-0.1, -0.05) is 35.9 Å². The normalized spacial score (nSPS) is 18.8. The molecule has 9 heteroatoms. The van der Waals surface area contributed by atoms with Crippen LogP contribution in [0.25, 0.3) is 0 Å². The van der Waals surface area contributed by atoms with Gasteiger partial charge in [0.15, 0.2) is 0 Å². The molecule has 31 heavy (non-hydrogen) atoms. The molecule has 2 aromatic carbocycles. The van der Waals surface area contributed by atoms with E-state index in [-0.39, 0.29) is 18.0 Å². The number of methoxy groups -OCH3 is 1. The SMILES string of the molecule is COc1cccc(CN2C[C@H](n3cnnn3)C[C@H]2C(=O)NCCc2cccc(Cl)c2)c1. The van der Waals surface area contributed by atoms with Crippen LogP contribution in [0.1, 0.15) is 23.6 Å². The summed E-state index contributed by atoms with van der Waals surface area (Å²) in [6.07, 6.45) is 2.98. The number of benzene rings is 2. The van der Waals surface area contributed by atoms with Gasteiger partial charge in [0, 0.05) is 24.7 Å². The molecule has 1 aliphatic rings. The lowest BCUT2D eigenvalue weighted by molar-refractivity contribution is -0.125. The predicted octanol–water partition coefficient (Wildman–Crippen LogP) is 2.51. The van der Waals surface area contributed by atoms with Crippen molar-refractivity contribution in [2.45, 2.75) is 31.5 Å². The topological polar surface area (TPSA) is 85.2 Å². The Hall–Kier alpha value is -2.97. The molecule has 3 aromatic rings. The van der Waals surface area contributed by atoms with Crippen LogP contribution in [0.3, 0.4) is 0 Å². The molecule has 0 aliphatic carbocycles. The van der Waals surface area contributed by atoms with Gasteiger partial charge in [-0.15, -0.1) is 5.10 Å². The van der Waals surface area contributed by atoms with Crippen LogP contribution in [0, 0.1) is 0 Å². The van der Waals surface area contributed by atoms with E-state index in [1.54, 1.807) is 18.1 Å². The first kappa shape index (κ1) is 21.3. The first-order valence-electron chi connectivity index (χ1n) is 10.2. The largest absolute Gasteiger partial charge is 0.497 e. The monoisotopic (exact) mass is 440 g/mol. The van der Waals surface area contributed by atoms with Gasteiger partial charge >= 0.3 is 0 Å². The highest BCUT2D eigenvalue weighted by Gasteiger charge is 2.38. The van der Waals surface area contributed by atoms with E-state index in [0.717, 1.165) is 23.3 Å². The molecule has 4 rings (SSSR count). The summed E-state index contributed by atoms with van der Waals surface area (Å²) < 4.78 is 7.07. The number of rotatable bonds is 8. The molecule has 8 nitrogen and oxygen atoms in total. The number of hydrogen-bond donors (Lipinski definition) is 1. The maximum Gasteiger partial charge on any atom is 0.237 e. The van der Waals surface area contributed by atoms with Crippen molar-refractivity contribution in [1.29, 1.82) is 0 Å². The second kappa shape index (κ2) is 9.89. The molecule has 1 amide bonds. The average molecular weight is 441 g/mol. The van der Waals surface area contributed by atoms with Crippen molar-refractivity contribution < 1.29 is 9.53 Å². The molecule has 2 heterocycles. The Bertz CT molecular complexity index is 1010. The van der Waals surface area contributed by atoms with Crippen molar-refractivity contribution >= 4 is 17.5 Å². The summed E-state index contributed by atoms with van der Waals surface area (Å²) in [5, 5.41) is 15.3. The summed E-state index contributed by atoms with van der Waals surface area (Å²) in [5.41, 5.74) is 2.19. The highest BCUT2D eigenvalue weighted by Crippen LogP contribution is 2.29. The van der Waals surface area contributed by atoms with Crippen molar-refractivity contribution in [3.05, 3.63) is 71.0 Å². The minimum Gasteiger partial charge on any atom is -0.497 e. The Kier molecular flexibility index (Phi) is 6.79. The van der Waals surface area contributed by atoms with E-state index < -0.39 is 0 Å². The fourth-order valence-corrected chi connectivity index (χ4v) is 4.21. The summed E-state index contributed by atoms with van der Waals surface area (Å²) in [6.45, 7) is 1.88. The summed E-state index contributed by atoms with van der Waals surface area (Å²) in [4.78, 5) is 15.3. The number of amides is 1. The van der Waals surface area contributed by atoms with Gasteiger partial charge in [-0.3, -0.25) is 9.69 Å². The molecule has 0 spiro atoms. The van der Waals surface area contributed by atoms with Gasteiger partial charge < -0.3 is 10.1 Å².